The van der Waals surface area contributed by atoms with E-state index in [1.807, 2.05) is 0 Å². The number of rotatable bonds is 8. The van der Waals surface area contributed by atoms with Gasteiger partial charge >= 0.3 is 6.09 Å². The fourth-order valence-electron chi connectivity index (χ4n) is 5.90. The lowest BCUT2D eigenvalue weighted by molar-refractivity contribution is -0.0142. The summed E-state index contributed by atoms with van der Waals surface area (Å²) in [6.45, 7) is 3.21. The molecule has 2 atom stereocenters. The van der Waals surface area contributed by atoms with Gasteiger partial charge in [-0.25, -0.2) is 22.0 Å². The molecule has 2 heterocycles. The molecule has 1 saturated carbocycles. The summed E-state index contributed by atoms with van der Waals surface area (Å²) in [5.41, 5.74) is -0.474. The first-order chi connectivity index (χ1) is 18.7. The molecule has 0 unspecified atom stereocenters. The molecule has 1 amide bonds. The molecule has 3 fully saturated rings. The van der Waals surface area contributed by atoms with E-state index in [4.69, 9.17) is 9.84 Å². The van der Waals surface area contributed by atoms with Gasteiger partial charge in [0.05, 0.1) is 17.0 Å². The average molecular weight is 564 g/mol. The number of aliphatic hydroxyl groups is 1. The predicted octanol–water partition coefficient (Wildman–Crippen LogP) is 3.92. The molecule has 2 aromatic carbocycles. The number of piperazine rings is 1. The van der Waals surface area contributed by atoms with E-state index < -0.39 is 45.4 Å². The quantitative estimate of drug-likeness (QED) is 0.524. The van der Waals surface area contributed by atoms with E-state index in [1.165, 1.54) is 34.6 Å². The Balaban J connectivity index is 1.42. The van der Waals surface area contributed by atoms with E-state index in [2.05, 4.69) is 4.90 Å². The number of piperidine rings is 1. The summed E-state index contributed by atoms with van der Waals surface area (Å²) < 4.78 is 64.0. The van der Waals surface area contributed by atoms with E-state index in [0.717, 1.165) is 12.6 Å². The Labute approximate surface area is 228 Å². The molecule has 11 heteroatoms. The molecule has 1 aliphatic carbocycles. The molecule has 2 saturated heterocycles. The predicted molar refractivity (Wildman–Crippen MR) is 140 cm³/mol. The van der Waals surface area contributed by atoms with Crippen LogP contribution in [0, 0.1) is 11.6 Å². The van der Waals surface area contributed by atoms with Crippen molar-refractivity contribution >= 4 is 16.1 Å². The maximum Gasteiger partial charge on any atom is 0.410 e. The Morgan fingerprint density at radius 2 is 1.69 bits per heavy atom. The highest BCUT2D eigenvalue weighted by Crippen LogP contribution is 2.52. The highest BCUT2D eigenvalue weighted by Gasteiger charge is 2.60. The zero-order valence-electron chi connectivity index (χ0n) is 21.8. The molecule has 212 valence electrons. The van der Waals surface area contributed by atoms with Crippen molar-refractivity contribution in [1.29, 1.82) is 0 Å². The summed E-state index contributed by atoms with van der Waals surface area (Å²) >= 11 is 0. The van der Waals surface area contributed by atoms with Gasteiger partial charge in [0, 0.05) is 39.3 Å². The molecular weight excluding hydrogens is 528 g/mol. The maximum atomic E-state index is 14.2. The number of carbonyl (C=O) groups excluding carboxylic acids is 1. The Hall–Kier alpha value is -2.60. The van der Waals surface area contributed by atoms with Crippen molar-refractivity contribution in [2.45, 2.75) is 61.1 Å². The molecule has 0 spiro atoms. The maximum absolute atomic E-state index is 14.2. The van der Waals surface area contributed by atoms with Crippen molar-refractivity contribution in [3.8, 4) is 0 Å². The van der Waals surface area contributed by atoms with Crippen molar-refractivity contribution in [2.24, 2.45) is 0 Å². The lowest BCUT2D eigenvalue weighted by Gasteiger charge is -2.45. The van der Waals surface area contributed by atoms with Crippen molar-refractivity contribution in [2.75, 3.05) is 39.3 Å². The molecule has 2 aliphatic heterocycles. The van der Waals surface area contributed by atoms with E-state index in [9.17, 15) is 22.0 Å². The highest BCUT2D eigenvalue weighted by atomic mass is 32.2. The van der Waals surface area contributed by atoms with Crippen LogP contribution in [0.5, 0.6) is 0 Å². The number of hydrogen-bond donors (Lipinski definition) is 1. The standard InChI is InChI=1S/C28H35F2N3O5S/c29-22-6-1-5-21(19-22)25-9-3-10-26(33(25)39(36,37)24-8-2-7-23(30)20-24)28(11-12-28)38-27(35)32-16-14-31(15-17-32)13-4-18-34/h1-2,5-8,19-20,25-26,34H,3-4,9-18H2/t25-,26+/m0/s1. The van der Waals surface area contributed by atoms with E-state index in [-0.39, 0.29) is 11.5 Å². The topological polar surface area (TPSA) is 90.4 Å². The SMILES string of the molecule is O=C(OC1([C@H]2CCC[C@@H](c3cccc(F)c3)N2S(=O)(=O)c2cccc(F)c2)CC1)N1CCN(CCCO)CC1. The van der Waals surface area contributed by atoms with Crippen LogP contribution in [0.3, 0.4) is 0 Å². The minimum absolute atomic E-state index is 0.123. The number of benzene rings is 2. The minimum atomic E-state index is -4.22. The van der Waals surface area contributed by atoms with Crippen LogP contribution in [0.25, 0.3) is 0 Å². The number of aliphatic hydroxyl groups excluding tert-OH is 1. The number of sulfonamides is 1. The fraction of sp³-hybridized carbons (Fsp3) is 0.536. The summed E-state index contributed by atoms with van der Waals surface area (Å²) in [6, 6.07) is 9.43. The number of amides is 1. The first-order valence-corrected chi connectivity index (χ1v) is 15.0. The number of nitrogens with zero attached hydrogens (tertiary/aromatic N) is 3. The van der Waals surface area contributed by atoms with Crippen LogP contribution < -0.4 is 0 Å². The Bertz CT molecular complexity index is 1280. The number of carbonyl (C=O) groups is 1. The molecule has 0 aromatic heterocycles. The van der Waals surface area contributed by atoms with Gasteiger partial charge in [-0.05, 0) is 74.4 Å². The molecular formula is C28H35F2N3O5S. The van der Waals surface area contributed by atoms with E-state index >= 15 is 0 Å². The third-order valence-corrected chi connectivity index (χ3v) is 9.99. The number of hydrogen-bond acceptors (Lipinski definition) is 6. The van der Waals surface area contributed by atoms with Gasteiger partial charge in [0.25, 0.3) is 0 Å². The first-order valence-electron chi connectivity index (χ1n) is 13.6. The average Bonchev–Trinajstić information content (AvgIpc) is 3.72. The zero-order chi connectivity index (χ0) is 27.6. The number of ether oxygens (including phenoxy) is 1. The van der Waals surface area contributed by atoms with Gasteiger partial charge in [0.15, 0.2) is 0 Å². The smallest absolute Gasteiger partial charge is 0.410 e. The largest absolute Gasteiger partial charge is 0.441 e. The molecule has 2 aromatic rings. The van der Waals surface area contributed by atoms with Crippen LogP contribution in [-0.4, -0.2) is 84.7 Å². The highest BCUT2D eigenvalue weighted by molar-refractivity contribution is 7.89. The van der Waals surface area contributed by atoms with Crippen LogP contribution in [-0.2, 0) is 14.8 Å². The summed E-state index contributed by atoms with van der Waals surface area (Å²) in [5, 5.41) is 9.07. The van der Waals surface area contributed by atoms with Gasteiger partial charge in [0.1, 0.15) is 17.2 Å². The molecule has 39 heavy (non-hydrogen) atoms. The Morgan fingerprint density at radius 3 is 2.33 bits per heavy atom. The van der Waals surface area contributed by atoms with Crippen LogP contribution >= 0.6 is 0 Å². The normalized spacial score (nSPS) is 23.9. The lowest BCUT2D eigenvalue weighted by atomic mass is 9.90. The molecule has 8 nitrogen and oxygen atoms in total. The Kier molecular flexibility index (Phi) is 8.23. The second-order valence-corrected chi connectivity index (χ2v) is 12.5. The van der Waals surface area contributed by atoms with Gasteiger partial charge in [0.2, 0.25) is 10.0 Å². The van der Waals surface area contributed by atoms with Crippen LogP contribution in [0.1, 0.15) is 50.1 Å². The van der Waals surface area contributed by atoms with Gasteiger partial charge < -0.3 is 14.7 Å². The van der Waals surface area contributed by atoms with Gasteiger partial charge in [-0.2, -0.15) is 4.31 Å². The van der Waals surface area contributed by atoms with Crippen molar-refractivity contribution < 1.29 is 31.8 Å². The van der Waals surface area contributed by atoms with Crippen LogP contribution in [0.4, 0.5) is 13.6 Å². The zero-order valence-corrected chi connectivity index (χ0v) is 22.7. The molecule has 3 aliphatic rings. The second-order valence-electron chi connectivity index (χ2n) is 10.6. The van der Waals surface area contributed by atoms with Crippen LogP contribution in [0.15, 0.2) is 53.4 Å². The minimum Gasteiger partial charge on any atom is -0.441 e. The first kappa shape index (κ1) is 27.9. The molecule has 0 bridgehead atoms. The monoisotopic (exact) mass is 563 g/mol. The van der Waals surface area contributed by atoms with Gasteiger partial charge in [-0.3, -0.25) is 4.90 Å². The summed E-state index contributed by atoms with van der Waals surface area (Å²) in [6.07, 6.45) is 2.86. The van der Waals surface area contributed by atoms with E-state index in [0.29, 0.717) is 70.3 Å². The van der Waals surface area contributed by atoms with Gasteiger partial charge in [-0.1, -0.05) is 18.2 Å². The molecule has 1 N–H and O–H groups in total. The summed E-state index contributed by atoms with van der Waals surface area (Å²) in [7, 11) is -4.22. The summed E-state index contributed by atoms with van der Waals surface area (Å²) in [4.78, 5) is 16.9. The molecule has 0 radical (unpaired) electrons. The Morgan fingerprint density at radius 1 is 1.00 bits per heavy atom. The van der Waals surface area contributed by atoms with Crippen LogP contribution in [0.2, 0.25) is 0 Å². The third kappa shape index (κ3) is 5.96. The van der Waals surface area contributed by atoms with Crippen molar-refractivity contribution in [3.63, 3.8) is 0 Å². The third-order valence-electron chi connectivity index (χ3n) is 8.08. The summed E-state index contributed by atoms with van der Waals surface area (Å²) in [5.74, 6) is -1.14. The second kappa shape index (κ2) is 11.5. The van der Waals surface area contributed by atoms with E-state index in [1.54, 1.807) is 17.0 Å². The van der Waals surface area contributed by atoms with Crippen molar-refractivity contribution in [3.05, 3.63) is 65.7 Å². The van der Waals surface area contributed by atoms with Gasteiger partial charge in [-0.15, -0.1) is 0 Å². The van der Waals surface area contributed by atoms with Crippen molar-refractivity contribution in [1.82, 2.24) is 14.1 Å². The number of halogens is 2. The lowest BCUT2D eigenvalue weighted by Crippen LogP contribution is -2.55. The molecule has 5 rings (SSSR count). The fourth-order valence-corrected chi connectivity index (χ4v) is 7.85.